The van der Waals surface area contributed by atoms with E-state index in [1.54, 1.807) is 0 Å². The van der Waals surface area contributed by atoms with Gasteiger partial charge in [0, 0.05) is 11.6 Å². The quantitative estimate of drug-likeness (QED) is 0.586. The van der Waals surface area contributed by atoms with Crippen molar-refractivity contribution in [2.45, 2.75) is 26.3 Å². The second-order valence-electron chi connectivity index (χ2n) is 5.14. The molecule has 0 spiro atoms. The molecular formula is C14H18N2O6. The van der Waals surface area contributed by atoms with E-state index in [2.05, 4.69) is 5.32 Å². The molecule has 0 unspecified atom stereocenters. The zero-order valence-electron chi connectivity index (χ0n) is 12.5. The van der Waals surface area contributed by atoms with Crippen LogP contribution in [0.15, 0.2) is 18.2 Å². The molecule has 120 valence electrons. The molecule has 0 aliphatic carbocycles. The standard InChI is InChI=1S/C14H18N2O6/c1-8(2)6-10(14(18)19)15-13(17)9-4-5-12(22-3)11(7-9)16(20)21/h4-5,7-8,10H,6H2,1-3H3,(H,15,17)(H,18,19)/t10-/m0/s1. The van der Waals surface area contributed by atoms with Gasteiger partial charge >= 0.3 is 11.7 Å². The van der Waals surface area contributed by atoms with E-state index in [0.29, 0.717) is 0 Å². The summed E-state index contributed by atoms with van der Waals surface area (Å²) < 4.78 is 4.85. The Hall–Kier alpha value is -2.64. The molecule has 0 fully saturated rings. The van der Waals surface area contributed by atoms with Crippen LogP contribution in [-0.2, 0) is 4.79 Å². The molecule has 0 saturated heterocycles. The third kappa shape index (κ3) is 4.44. The topological polar surface area (TPSA) is 119 Å². The van der Waals surface area contributed by atoms with E-state index in [-0.39, 0.29) is 29.3 Å². The number of nitro benzene ring substituents is 1. The Morgan fingerprint density at radius 3 is 2.50 bits per heavy atom. The highest BCUT2D eigenvalue weighted by Crippen LogP contribution is 2.27. The predicted molar refractivity (Wildman–Crippen MR) is 78.0 cm³/mol. The lowest BCUT2D eigenvalue weighted by atomic mass is 10.0. The monoisotopic (exact) mass is 310 g/mol. The second kappa shape index (κ2) is 7.39. The molecule has 0 aliphatic rings. The predicted octanol–water partition coefficient (Wildman–Crippen LogP) is 1.83. The van der Waals surface area contributed by atoms with Crippen molar-refractivity contribution in [2.75, 3.05) is 7.11 Å². The van der Waals surface area contributed by atoms with E-state index in [1.807, 2.05) is 13.8 Å². The average Bonchev–Trinajstić information content (AvgIpc) is 2.44. The van der Waals surface area contributed by atoms with Gasteiger partial charge in [-0.25, -0.2) is 4.79 Å². The van der Waals surface area contributed by atoms with Crippen molar-refractivity contribution in [3.63, 3.8) is 0 Å². The molecule has 0 bridgehead atoms. The number of rotatable bonds is 7. The van der Waals surface area contributed by atoms with Crippen LogP contribution in [0.3, 0.4) is 0 Å². The number of nitrogens with one attached hydrogen (secondary N) is 1. The van der Waals surface area contributed by atoms with Gasteiger partial charge < -0.3 is 15.2 Å². The maximum absolute atomic E-state index is 12.1. The van der Waals surface area contributed by atoms with E-state index in [4.69, 9.17) is 9.84 Å². The Kier molecular flexibility index (Phi) is 5.85. The van der Waals surface area contributed by atoms with Crippen molar-refractivity contribution >= 4 is 17.6 Å². The van der Waals surface area contributed by atoms with Crippen molar-refractivity contribution in [3.8, 4) is 5.75 Å². The number of carboxylic acids is 1. The van der Waals surface area contributed by atoms with Gasteiger partial charge in [0.15, 0.2) is 5.75 Å². The first-order chi connectivity index (χ1) is 10.3. The summed E-state index contributed by atoms with van der Waals surface area (Å²) in [5.74, 6) is -1.73. The fourth-order valence-corrected chi connectivity index (χ4v) is 1.91. The molecule has 0 aliphatic heterocycles. The van der Waals surface area contributed by atoms with Gasteiger partial charge in [0.05, 0.1) is 12.0 Å². The molecule has 8 heteroatoms. The molecule has 1 amide bonds. The highest BCUT2D eigenvalue weighted by atomic mass is 16.6. The summed E-state index contributed by atoms with van der Waals surface area (Å²) in [5.41, 5.74) is -0.353. The molecule has 0 radical (unpaired) electrons. The first-order valence-electron chi connectivity index (χ1n) is 6.62. The number of aliphatic carboxylic acids is 1. The average molecular weight is 310 g/mol. The van der Waals surface area contributed by atoms with Gasteiger partial charge in [-0.2, -0.15) is 0 Å². The molecular weight excluding hydrogens is 292 g/mol. The molecule has 1 atom stereocenters. The number of carboxylic acid groups (broad SMARTS) is 1. The molecule has 0 aromatic heterocycles. The Morgan fingerprint density at radius 2 is 2.05 bits per heavy atom. The third-order valence-corrected chi connectivity index (χ3v) is 2.95. The fourth-order valence-electron chi connectivity index (χ4n) is 1.91. The number of ether oxygens (including phenoxy) is 1. The van der Waals surface area contributed by atoms with E-state index < -0.39 is 22.8 Å². The van der Waals surface area contributed by atoms with Gasteiger partial charge in [-0.3, -0.25) is 14.9 Å². The summed E-state index contributed by atoms with van der Waals surface area (Å²) in [6, 6.07) is 2.65. The molecule has 0 saturated carbocycles. The van der Waals surface area contributed by atoms with Crippen LogP contribution in [0.5, 0.6) is 5.75 Å². The summed E-state index contributed by atoms with van der Waals surface area (Å²) in [6.45, 7) is 3.67. The van der Waals surface area contributed by atoms with E-state index >= 15 is 0 Å². The van der Waals surface area contributed by atoms with E-state index in [1.165, 1.54) is 19.2 Å². The summed E-state index contributed by atoms with van der Waals surface area (Å²) in [4.78, 5) is 33.5. The number of carbonyl (C=O) groups is 2. The summed E-state index contributed by atoms with van der Waals surface area (Å²) in [7, 11) is 1.28. The highest BCUT2D eigenvalue weighted by molar-refractivity contribution is 5.97. The van der Waals surface area contributed by atoms with Crippen LogP contribution >= 0.6 is 0 Å². The number of nitro groups is 1. The smallest absolute Gasteiger partial charge is 0.326 e. The fraction of sp³-hybridized carbons (Fsp3) is 0.429. The van der Waals surface area contributed by atoms with Gasteiger partial charge in [0.2, 0.25) is 0 Å². The second-order valence-corrected chi connectivity index (χ2v) is 5.14. The summed E-state index contributed by atoms with van der Waals surface area (Å²) in [6.07, 6.45) is 0.263. The number of hydrogen-bond donors (Lipinski definition) is 2. The van der Waals surface area contributed by atoms with Crippen molar-refractivity contribution in [1.82, 2.24) is 5.32 Å². The van der Waals surface area contributed by atoms with Crippen molar-refractivity contribution in [1.29, 1.82) is 0 Å². The molecule has 2 N–H and O–H groups in total. The molecule has 0 heterocycles. The summed E-state index contributed by atoms with van der Waals surface area (Å²) in [5, 5.41) is 22.4. The number of nitrogens with zero attached hydrogens (tertiary/aromatic N) is 1. The number of methoxy groups -OCH3 is 1. The van der Waals surface area contributed by atoms with Crippen molar-refractivity contribution < 1.29 is 24.4 Å². The third-order valence-electron chi connectivity index (χ3n) is 2.95. The normalized spacial score (nSPS) is 11.8. The molecule has 8 nitrogen and oxygen atoms in total. The minimum atomic E-state index is -1.15. The van der Waals surface area contributed by atoms with Crippen LogP contribution in [0.25, 0.3) is 0 Å². The zero-order valence-corrected chi connectivity index (χ0v) is 12.5. The lowest BCUT2D eigenvalue weighted by Crippen LogP contribution is -2.41. The minimum Gasteiger partial charge on any atom is -0.490 e. The van der Waals surface area contributed by atoms with Crippen molar-refractivity contribution in [2.24, 2.45) is 5.92 Å². The van der Waals surface area contributed by atoms with Crippen LogP contribution in [0.2, 0.25) is 0 Å². The number of carbonyl (C=O) groups excluding carboxylic acids is 1. The largest absolute Gasteiger partial charge is 0.490 e. The van der Waals surface area contributed by atoms with Gasteiger partial charge in [-0.05, 0) is 24.5 Å². The highest BCUT2D eigenvalue weighted by Gasteiger charge is 2.24. The Balaban J connectivity index is 3.00. The van der Waals surface area contributed by atoms with E-state index in [0.717, 1.165) is 6.07 Å². The molecule has 1 aromatic carbocycles. The van der Waals surface area contributed by atoms with Gasteiger partial charge in [0.1, 0.15) is 6.04 Å². The lowest BCUT2D eigenvalue weighted by molar-refractivity contribution is -0.385. The molecule has 1 rings (SSSR count). The molecule has 1 aromatic rings. The number of benzene rings is 1. The van der Waals surface area contributed by atoms with Gasteiger partial charge in [-0.15, -0.1) is 0 Å². The van der Waals surface area contributed by atoms with Gasteiger partial charge in [-0.1, -0.05) is 13.8 Å². The first kappa shape index (κ1) is 17.4. The van der Waals surface area contributed by atoms with Crippen molar-refractivity contribution in [3.05, 3.63) is 33.9 Å². The Morgan fingerprint density at radius 1 is 1.41 bits per heavy atom. The molecule has 22 heavy (non-hydrogen) atoms. The van der Waals surface area contributed by atoms with E-state index in [9.17, 15) is 19.7 Å². The maximum Gasteiger partial charge on any atom is 0.326 e. The number of hydrogen-bond acceptors (Lipinski definition) is 5. The van der Waals surface area contributed by atoms with Crippen LogP contribution in [0.4, 0.5) is 5.69 Å². The number of amides is 1. The minimum absolute atomic E-state index is 0.00232. The van der Waals surface area contributed by atoms with Gasteiger partial charge in [0.25, 0.3) is 5.91 Å². The summed E-state index contributed by atoms with van der Waals surface area (Å²) >= 11 is 0. The zero-order chi connectivity index (χ0) is 16.9. The van der Waals surface area contributed by atoms with Crippen LogP contribution in [0, 0.1) is 16.0 Å². The first-order valence-corrected chi connectivity index (χ1v) is 6.62. The SMILES string of the molecule is COc1ccc(C(=O)N[C@@H](CC(C)C)C(=O)O)cc1[N+](=O)[O-]. The lowest BCUT2D eigenvalue weighted by Gasteiger charge is -2.16. The Labute approximate surface area is 127 Å². The maximum atomic E-state index is 12.1. The van der Waals surface area contributed by atoms with Crippen LogP contribution in [0.1, 0.15) is 30.6 Å². The van der Waals surface area contributed by atoms with Crippen LogP contribution < -0.4 is 10.1 Å². The Bertz CT molecular complexity index is 585. The van der Waals surface area contributed by atoms with Crippen LogP contribution in [-0.4, -0.2) is 35.1 Å².